The summed E-state index contributed by atoms with van der Waals surface area (Å²) in [5.41, 5.74) is 0.284. The molecule has 0 saturated carbocycles. The molecule has 0 bridgehead atoms. The topological polar surface area (TPSA) is 9.23 Å². The van der Waals surface area contributed by atoms with Crippen molar-refractivity contribution in [2.24, 2.45) is 5.41 Å². The summed E-state index contributed by atoms with van der Waals surface area (Å²) in [6.45, 7) is 5.30. The fraction of sp³-hybridized carbons (Fsp3) is 0.600. The number of benzene rings is 1. The van der Waals surface area contributed by atoms with E-state index in [9.17, 15) is 0 Å². The lowest BCUT2D eigenvalue weighted by molar-refractivity contribution is 0.144. The van der Waals surface area contributed by atoms with Gasteiger partial charge >= 0.3 is 0 Å². The highest BCUT2D eigenvalue weighted by Crippen LogP contribution is 2.33. The van der Waals surface area contributed by atoms with Crippen molar-refractivity contribution in [3.05, 3.63) is 27.8 Å². The van der Waals surface area contributed by atoms with Crippen molar-refractivity contribution in [3.63, 3.8) is 0 Å². The molecule has 0 atom stereocenters. The molecule has 102 valence electrons. The molecule has 0 saturated heterocycles. The number of rotatable bonds is 8. The molecule has 3 heteroatoms. The minimum absolute atomic E-state index is 0.284. The lowest BCUT2D eigenvalue weighted by Crippen LogP contribution is -2.30. The molecular weight excluding hydrogens is 403 g/mol. The van der Waals surface area contributed by atoms with Crippen LogP contribution in [-0.4, -0.2) is 11.9 Å². The minimum atomic E-state index is 0.284. The lowest BCUT2D eigenvalue weighted by atomic mass is 9.82. The molecule has 0 N–H and O–H groups in total. The SMILES string of the molecule is CCCC(CBr)(CCC)COc1ccc(I)cc1. The van der Waals surface area contributed by atoms with Crippen LogP contribution in [0.1, 0.15) is 39.5 Å². The van der Waals surface area contributed by atoms with Gasteiger partial charge in [0.1, 0.15) is 5.75 Å². The smallest absolute Gasteiger partial charge is 0.119 e. The van der Waals surface area contributed by atoms with Crippen LogP contribution in [0.2, 0.25) is 0 Å². The normalized spacial score (nSPS) is 11.6. The van der Waals surface area contributed by atoms with Crippen molar-refractivity contribution in [1.29, 1.82) is 0 Å². The predicted molar refractivity (Wildman–Crippen MR) is 90.7 cm³/mol. The van der Waals surface area contributed by atoms with Crippen LogP contribution in [0.25, 0.3) is 0 Å². The molecule has 0 spiro atoms. The second-order valence-corrected chi connectivity index (χ2v) is 6.68. The van der Waals surface area contributed by atoms with Gasteiger partial charge in [-0.15, -0.1) is 0 Å². The van der Waals surface area contributed by atoms with E-state index in [-0.39, 0.29) is 5.41 Å². The summed E-state index contributed by atoms with van der Waals surface area (Å²) in [5.74, 6) is 0.980. The highest BCUT2D eigenvalue weighted by molar-refractivity contribution is 14.1. The van der Waals surface area contributed by atoms with E-state index in [1.807, 2.05) is 0 Å². The van der Waals surface area contributed by atoms with E-state index in [2.05, 4.69) is 76.6 Å². The summed E-state index contributed by atoms with van der Waals surface area (Å²) < 4.78 is 7.23. The van der Waals surface area contributed by atoms with Crippen LogP contribution in [0, 0.1) is 8.99 Å². The molecule has 0 radical (unpaired) electrons. The summed E-state index contributed by atoms with van der Waals surface area (Å²) in [6, 6.07) is 8.29. The molecule has 0 fully saturated rings. The molecule has 0 unspecified atom stereocenters. The van der Waals surface area contributed by atoms with E-state index in [0.29, 0.717) is 0 Å². The average Bonchev–Trinajstić information content (AvgIpc) is 2.38. The standard InChI is InChI=1S/C15H22BrIO/c1-3-9-15(11-16,10-4-2)12-18-14-7-5-13(17)6-8-14/h5-8H,3-4,9-12H2,1-2H3. The summed E-state index contributed by atoms with van der Waals surface area (Å²) in [5, 5.41) is 1.02. The third kappa shape index (κ3) is 5.08. The molecular formula is C15H22BrIO. The van der Waals surface area contributed by atoms with Crippen LogP contribution in [0.3, 0.4) is 0 Å². The molecule has 1 nitrogen and oxygen atoms in total. The van der Waals surface area contributed by atoms with Crippen molar-refractivity contribution < 1.29 is 4.74 Å². The second-order valence-electron chi connectivity index (χ2n) is 4.88. The molecule has 0 aliphatic carbocycles. The van der Waals surface area contributed by atoms with Gasteiger partial charge in [0.2, 0.25) is 0 Å². The van der Waals surface area contributed by atoms with Crippen LogP contribution in [-0.2, 0) is 0 Å². The molecule has 0 heterocycles. The maximum Gasteiger partial charge on any atom is 0.119 e. The van der Waals surface area contributed by atoms with Gasteiger partial charge < -0.3 is 4.74 Å². The third-order valence-corrected chi connectivity index (χ3v) is 5.11. The molecule has 1 aromatic rings. The molecule has 0 aliphatic rings. The number of hydrogen-bond donors (Lipinski definition) is 0. The van der Waals surface area contributed by atoms with E-state index >= 15 is 0 Å². The summed E-state index contributed by atoms with van der Waals surface area (Å²) in [6.07, 6.45) is 4.86. The summed E-state index contributed by atoms with van der Waals surface area (Å²) in [7, 11) is 0. The quantitative estimate of drug-likeness (QED) is 0.387. The van der Waals surface area contributed by atoms with Gasteiger partial charge in [-0.3, -0.25) is 0 Å². The first-order chi connectivity index (χ1) is 8.65. The van der Waals surface area contributed by atoms with Crippen molar-refractivity contribution in [3.8, 4) is 5.75 Å². The minimum Gasteiger partial charge on any atom is -0.493 e. The van der Waals surface area contributed by atoms with E-state index in [0.717, 1.165) is 17.7 Å². The molecule has 1 rings (SSSR count). The Balaban J connectivity index is 2.63. The van der Waals surface area contributed by atoms with Gasteiger partial charge in [-0.1, -0.05) is 42.6 Å². The Morgan fingerprint density at radius 2 is 1.67 bits per heavy atom. The molecule has 0 aliphatic heterocycles. The van der Waals surface area contributed by atoms with E-state index in [4.69, 9.17) is 4.74 Å². The van der Waals surface area contributed by atoms with Crippen LogP contribution in [0.5, 0.6) is 5.75 Å². The van der Waals surface area contributed by atoms with Gasteiger partial charge in [0, 0.05) is 14.3 Å². The fourth-order valence-corrected chi connectivity index (χ4v) is 3.35. The van der Waals surface area contributed by atoms with Gasteiger partial charge in [0.05, 0.1) is 6.61 Å². The van der Waals surface area contributed by atoms with Crippen molar-refractivity contribution in [2.45, 2.75) is 39.5 Å². The molecule has 0 amide bonds. The lowest BCUT2D eigenvalue weighted by Gasteiger charge is -2.31. The first-order valence-corrected chi connectivity index (χ1v) is 8.80. The Bertz CT molecular complexity index is 331. The first kappa shape index (κ1) is 16.3. The largest absolute Gasteiger partial charge is 0.493 e. The highest BCUT2D eigenvalue weighted by Gasteiger charge is 2.28. The number of ether oxygens (including phenoxy) is 1. The monoisotopic (exact) mass is 424 g/mol. The summed E-state index contributed by atoms with van der Waals surface area (Å²) >= 11 is 5.99. The van der Waals surface area contributed by atoms with Gasteiger partial charge in [0.25, 0.3) is 0 Å². The van der Waals surface area contributed by atoms with Crippen molar-refractivity contribution in [2.75, 3.05) is 11.9 Å². The molecule has 1 aromatic carbocycles. The number of halogens is 2. The predicted octanol–water partition coefficient (Wildman–Crippen LogP) is 5.65. The molecule has 18 heavy (non-hydrogen) atoms. The zero-order valence-electron chi connectivity index (χ0n) is 11.2. The van der Waals surface area contributed by atoms with Gasteiger partial charge in [0.15, 0.2) is 0 Å². The zero-order valence-corrected chi connectivity index (χ0v) is 15.0. The molecule has 0 aromatic heterocycles. The van der Waals surface area contributed by atoms with Crippen LogP contribution in [0.4, 0.5) is 0 Å². The van der Waals surface area contributed by atoms with Crippen LogP contribution >= 0.6 is 38.5 Å². The van der Waals surface area contributed by atoms with E-state index < -0.39 is 0 Å². The Hall–Kier alpha value is 0.230. The second kappa shape index (κ2) is 8.41. The first-order valence-electron chi connectivity index (χ1n) is 6.60. The van der Waals surface area contributed by atoms with Crippen LogP contribution in [0.15, 0.2) is 24.3 Å². The Kier molecular flexibility index (Phi) is 7.61. The zero-order chi connectivity index (χ0) is 13.4. The van der Waals surface area contributed by atoms with E-state index in [1.54, 1.807) is 0 Å². The maximum atomic E-state index is 5.99. The Morgan fingerprint density at radius 1 is 1.11 bits per heavy atom. The van der Waals surface area contributed by atoms with Crippen LogP contribution < -0.4 is 4.74 Å². The Morgan fingerprint density at radius 3 is 2.11 bits per heavy atom. The van der Waals surface area contributed by atoms with Gasteiger partial charge in [-0.05, 0) is 59.7 Å². The third-order valence-electron chi connectivity index (χ3n) is 3.20. The Labute approximate surface area is 133 Å². The van der Waals surface area contributed by atoms with Gasteiger partial charge in [-0.2, -0.15) is 0 Å². The maximum absolute atomic E-state index is 5.99. The fourth-order valence-electron chi connectivity index (χ4n) is 2.27. The number of alkyl halides is 1. The summed E-state index contributed by atoms with van der Waals surface area (Å²) in [4.78, 5) is 0. The van der Waals surface area contributed by atoms with Gasteiger partial charge in [-0.25, -0.2) is 0 Å². The number of hydrogen-bond acceptors (Lipinski definition) is 1. The average molecular weight is 425 g/mol. The van der Waals surface area contributed by atoms with Crippen molar-refractivity contribution in [1.82, 2.24) is 0 Å². The highest BCUT2D eigenvalue weighted by atomic mass is 127. The van der Waals surface area contributed by atoms with E-state index in [1.165, 1.54) is 29.3 Å². The van der Waals surface area contributed by atoms with Crippen molar-refractivity contribution >= 4 is 38.5 Å².